The van der Waals surface area contributed by atoms with E-state index in [1.165, 1.54) is 29.0 Å². The van der Waals surface area contributed by atoms with Crippen LogP contribution in [0.3, 0.4) is 0 Å². The van der Waals surface area contributed by atoms with Crippen LogP contribution < -0.4 is 10.3 Å². The third-order valence-corrected chi connectivity index (χ3v) is 3.87. The number of halogens is 3. The Labute approximate surface area is 141 Å². The van der Waals surface area contributed by atoms with Crippen LogP contribution in [-0.4, -0.2) is 15.3 Å². The molecule has 4 nitrogen and oxygen atoms in total. The molecule has 25 heavy (non-hydrogen) atoms. The highest BCUT2D eigenvalue weighted by Gasteiger charge is 2.34. The standard InChI is InChI=1S/C18H16F3NO3/c1-17(2)9-14(22-6-5-11(10-23)7-16(22)24)13-8-12(18(19,20)21)3-4-15(13)25-17/h3-9,23H,10H2,1-2H3. The lowest BCUT2D eigenvalue weighted by Crippen LogP contribution is -2.32. The van der Waals surface area contributed by atoms with Crippen molar-refractivity contribution >= 4 is 5.70 Å². The van der Waals surface area contributed by atoms with Crippen LogP contribution in [0.2, 0.25) is 0 Å². The van der Waals surface area contributed by atoms with Gasteiger partial charge in [-0.1, -0.05) is 0 Å². The van der Waals surface area contributed by atoms with Gasteiger partial charge in [-0.3, -0.25) is 9.36 Å². The van der Waals surface area contributed by atoms with Crippen molar-refractivity contribution in [3.63, 3.8) is 0 Å². The monoisotopic (exact) mass is 351 g/mol. The second kappa shape index (κ2) is 5.77. The first-order valence-corrected chi connectivity index (χ1v) is 7.57. The molecule has 0 saturated carbocycles. The topological polar surface area (TPSA) is 51.5 Å². The van der Waals surface area contributed by atoms with E-state index in [2.05, 4.69) is 0 Å². The minimum Gasteiger partial charge on any atom is -0.483 e. The molecule has 0 fully saturated rings. The zero-order valence-electron chi connectivity index (χ0n) is 13.6. The second-order valence-corrected chi connectivity index (χ2v) is 6.35. The number of alkyl halides is 3. The zero-order valence-corrected chi connectivity index (χ0v) is 13.6. The molecule has 1 aliphatic rings. The lowest BCUT2D eigenvalue weighted by atomic mass is 9.97. The van der Waals surface area contributed by atoms with E-state index < -0.39 is 22.9 Å². The SMILES string of the molecule is CC1(C)C=C(n2ccc(CO)cc2=O)c2cc(C(F)(F)F)ccc2O1. The molecule has 0 atom stereocenters. The van der Waals surface area contributed by atoms with Crippen LogP contribution >= 0.6 is 0 Å². The van der Waals surface area contributed by atoms with Gasteiger partial charge < -0.3 is 9.84 Å². The Morgan fingerprint density at radius 3 is 2.52 bits per heavy atom. The van der Waals surface area contributed by atoms with Gasteiger partial charge in [0.1, 0.15) is 11.4 Å². The van der Waals surface area contributed by atoms with E-state index in [0.717, 1.165) is 12.1 Å². The summed E-state index contributed by atoms with van der Waals surface area (Å²) in [5.74, 6) is 0.272. The molecule has 0 aliphatic carbocycles. The van der Waals surface area contributed by atoms with Crippen LogP contribution in [-0.2, 0) is 12.8 Å². The fourth-order valence-corrected chi connectivity index (χ4v) is 2.73. The molecule has 0 bridgehead atoms. The quantitative estimate of drug-likeness (QED) is 0.902. The summed E-state index contributed by atoms with van der Waals surface area (Å²) in [4.78, 5) is 12.3. The van der Waals surface area contributed by atoms with E-state index in [-0.39, 0.29) is 17.9 Å². The summed E-state index contributed by atoms with van der Waals surface area (Å²) in [5, 5.41) is 9.12. The van der Waals surface area contributed by atoms with Gasteiger partial charge in [0.25, 0.3) is 5.56 Å². The van der Waals surface area contributed by atoms with Gasteiger partial charge >= 0.3 is 6.18 Å². The molecule has 132 valence electrons. The highest BCUT2D eigenvalue weighted by Crippen LogP contribution is 2.40. The Hall–Kier alpha value is -2.54. The van der Waals surface area contributed by atoms with Crippen LogP contribution in [0.1, 0.15) is 30.5 Å². The summed E-state index contributed by atoms with van der Waals surface area (Å²) in [6.45, 7) is 3.21. The van der Waals surface area contributed by atoms with Crippen LogP contribution in [0.5, 0.6) is 5.75 Å². The summed E-state index contributed by atoms with van der Waals surface area (Å²) in [6, 6.07) is 5.98. The van der Waals surface area contributed by atoms with Gasteiger partial charge in [0.15, 0.2) is 0 Å². The second-order valence-electron chi connectivity index (χ2n) is 6.35. The molecule has 3 rings (SSSR count). The number of aliphatic hydroxyl groups is 1. The number of pyridine rings is 1. The predicted octanol–water partition coefficient (Wildman–Crippen LogP) is 3.42. The highest BCUT2D eigenvalue weighted by molar-refractivity contribution is 5.74. The maximum absolute atomic E-state index is 13.1. The number of hydrogen-bond donors (Lipinski definition) is 1. The van der Waals surface area contributed by atoms with E-state index >= 15 is 0 Å². The Kier molecular flexibility index (Phi) is 3.99. The third kappa shape index (κ3) is 3.32. The molecule has 1 N–H and O–H groups in total. The minimum atomic E-state index is -4.50. The molecule has 1 aromatic heterocycles. The van der Waals surface area contributed by atoms with Crippen molar-refractivity contribution < 1.29 is 23.0 Å². The maximum atomic E-state index is 13.1. The van der Waals surface area contributed by atoms with Crippen molar-refractivity contribution in [2.75, 3.05) is 0 Å². The highest BCUT2D eigenvalue weighted by atomic mass is 19.4. The lowest BCUT2D eigenvalue weighted by Gasteiger charge is -2.32. The smallest absolute Gasteiger partial charge is 0.416 e. The van der Waals surface area contributed by atoms with Crippen molar-refractivity contribution in [2.24, 2.45) is 0 Å². The third-order valence-electron chi connectivity index (χ3n) is 3.87. The van der Waals surface area contributed by atoms with E-state index in [0.29, 0.717) is 11.3 Å². The molecule has 0 radical (unpaired) electrons. The fourth-order valence-electron chi connectivity index (χ4n) is 2.73. The number of hydrogen-bond acceptors (Lipinski definition) is 3. The molecule has 0 saturated heterocycles. The van der Waals surface area contributed by atoms with Crippen molar-refractivity contribution in [1.82, 2.24) is 4.57 Å². The van der Waals surface area contributed by atoms with Gasteiger partial charge in [-0.15, -0.1) is 0 Å². The average Bonchev–Trinajstić information content (AvgIpc) is 2.51. The van der Waals surface area contributed by atoms with E-state index in [9.17, 15) is 18.0 Å². The zero-order chi connectivity index (χ0) is 18.4. The van der Waals surface area contributed by atoms with Crippen LogP contribution in [0.15, 0.2) is 47.4 Å². The van der Waals surface area contributed by atoms with Gasteiger partial charge in [0, 0.05) is 17.8 Å². The molecular formula is C18H16F3NO3. The minimum absolute atomic E-state index is 0.188. The number of ether oxygens (including phenoxy) is 1. The van der Waals surface area contributed by atoms with Gasteiger partial charge in [-0.25, -0.2) is 0 Å². The summed E-state index contributed by atoms with van der Waals surface area (Å²) >= 11 is 0. The maximum Gasteiger partial charge on any atom is 0.416 e. The first-order chi connectivity index (χ1) is 11.6. The molecule has 1 aliphatic heterocycles. The van der Waals surface area contributed by atoms with Gasteiger partial charge in [0.05, 0.1) is 17.9 Å². The van der Waals surface area contributed by atoms with Crippen molar-refractivity contribution in [2.45, 2.75) is 32.2 Å². The Balaban J connectivity index is 2.22. The largest absolute Gasteiger partial charge is 0.483 e. The van der Waals surface area contributed by atoms with Gasteiger partial charge in [-0.2, -0.15) is 13.2 Å². The molecule has 1 aromatic carbocycles. The van der Waals surface area contributed by atoms with Crippen molar-refractivity contribution in [1.29, 1.82) is 0 Å². The fraction of sp³-hybridized carbons (Fsp3) is 0.278. The van der Waals surface area contributed by atoms with E-state index in [1.807, 2.05) is 0 Å². The molecule has 2 aromatic rings. The summed E-state index contributed by atoms with van der Waals surface area (Å²) in [7, 11) is 0. The molecular weight excluding hydrogens is 335 g/mol. The molecule has 7 heteroatoms. The normalized spacial score (nSPS) is 16.0. The number of fused-ring (bicyclic) bond motifs is 1. The number of aromatic nitrogens is 1. The van der Waals surface area contributed by atoms with E-state index in [1.54, 1.807) is 19.9 Å². The van der Waals surface area contributed by atoms with Crippen LogP contribution in [0.25, 0.3) is 5.70 Å². The number of nitrogens with zero attached hydrogens (tertiary/aromatic N) is 1. The number of aliphatic hydroxyl groups excluding tert-OH is 1. The summed E-state index contributed by atoms with van der Waals surface area (Å²) in [5.41, 5.74) is -1.13. The Bertz CT molecular complexity index is 911. The van der Waals surface area contributed by atoms with E-state index in [4.69, 9.17) is 9.84 Å². The van der Waals surface area contributed by atoms with Crippen molar-refractivity contribution in [3.05, 3.63) is 69.6 Å². The van der Waals surface area contributed by atoms with Gasteiger partial charge in [-0.05, 0) is 49.8 Å². The van der Waals surface area contributed by atoms with Gasteiger partial charge in [0.2, 0.25) is 0 Å². The molecule has 0 unspecified atom stereocenters. The molecule has 0 spiro atoms. The van der Waals surface area contributed by atoms with Crippen molar-refractivity contribution in [3.8, 4) is 5.75 Å². The Morgan fingerprint density at radius 1 is 1.20 bits per heavy atom. The summed E-state index contributed by atoms with van der Waals surface area (Å²) in [6.07, 6.45) is -1.46. The predicted molar refractivity (Wildman–Crippen MR) is 86.2 cm³/mol. The average molecular weight is 351 g/mol. The Morgan fingerprint density at radius 2 is 1.92 bits per heavy atom. The van der Waals surface area contributed by atoms with Crippen LogP contribution in [0, 0.1) is 0 Å². The number of rotatable bonds is 2. The first kappa shape index (κ1) is 17.3. The lowest BCUT2D eigenvalue weighted by molar-refractivity contribution is -0.137. The molecule has 2 heterocycles. The first-order valence-electron chi connectivity index (χ1n) is 7.57. The summed E-state index contributed by atoms with van der Waals surface area (Å²) < 4.78 is 46.2. The number of benzene rings is 1. The molecule has 0 amide bonds. The van der Waals surface area contributed by atoms with Crippen LogP contribution in [0.4, 0.5) is 13.2 Å².